The van der Waals surface area contributed by atoms with Crippen molar-refractivity contribution in [3.05, 3.63) is 34.9 Å². The van der Waals surface area contributed by atoms with Crippen molar-refractivity contribution in [2.75, 3.05) is 0 Å². The highest BCUT2D eigenvalue weighted by molar-refractivity contribution is 5.75. The van der Waals surface area contributed by atoms with Crippen molar-refractivity contribution < 1.29 is 31.9 Å². The Balaban J connectivity index is 2.42. The Morgan fingerprint density at radius 3 is 2.00 bits per heavy atom. The first-order valence-electron chi connectivity index (χ1n) is 6.25. The van der Waals surface area contributed by atoms with E-state index < -0.39 is 46.6 Å². The van der Waals surface area contributed by atoms with Crippen LogP contribution in [0.2, 0.25) is 0 Å². The van der Waals surface area contributed by atoms with Crippen LogP contribution in [0.5, 0.6) is 0 Å². The van der Waals surface area contributed by atoms with E-state index in [1.165, 1.54) is 0 Å². The quantitative estimate of drug-likeness (QED) is 0.857. The summed E-state index contributed by atoms with van der Waals surface area (Å²) >= 11 is 0. The van der Waals surface area contributed by atoms with Crippen LogP contribution in [0.3, 0.4) is 0 Å². The van der Waals surface area contributed by atoms with Gasteiger partial charge in [-0.05, 0) is 43.9 Å². The van der Waals surface area contributed by atoms with Crippen LogP contribution in [0.4, 0.5) is 22.0 Å². The van der Waals surface area contributed by atoms with Gasteiger partial charge in [0.15, 0.2) is 0 Å². The zero-order valence-corrected chi connectivity index (χ0v) is 11.3. The van der Waals surface area contributed by atoms with Gasteiger partial charge in [-0.15, -0.1) is 0 Å². The van der Waals surface area contributed by atoms with E-state index in [0.717, 1.165) is 12.1 Å². The molecule has 0 radical (unpaired) electrons. The van der Waals surface area contributed by atoms with Crippen LogP contribution in [-0.4, -0.2) is 17.3 Å². The molecular weight excluding hydrogens is 295 g/mol. The fourth-order valence-electron chi connectivity index (χ4n) is 2.38. The molecule has 0 bridgehead atoms. The number of hydrogen-bond donors (Lipinski definition) is 1. The van der Waals surface area contributed by atoms with Gasteiger partial charge in [-0.1, -0.05) is 0 Å². The molecule has 0 aromatic heterocycles. The van der Waals surface area contributed by atoms with Gasteiger partial charge in [-0.2, -0.15) is 13.2 Å². The summed E-state index contributed by atoms with van der Waals surface area (Å²) in [4.78, 5) is 10.7. The molecule has 0 saturated heterocycles. The Kier molecular flexibility index (Phi) is 3.50. The highest BCUT2D eigenvalue weighted by Crippen LogP contribution is 2.49. The third-order valence-corrected chi connectivity index (χ3v) is 3.93. The van der Waals surface area contributed by atoms with Gasteiger partial charge in [0.25, 0.3) is 0 Å². The van der Waals surface area contributed by atoms with E-state index >= 15 is 0 Å². The van der Waals surface area contributed by atoms with Crippen LogP contribution in [0, 0.1) is 17.6 Å². The number of carboxylic acid groups (broad SMARTS) is 1. The molecule has 1 saturated carbocycles. The molecule has 0 spiro atoms. The number of hydrogen-bond acceptors (Lipinski definition) is 1. The van der Waals surface area contributed by atoms with Crippen molar-refractivity contribution in [3.8, 4) is 0 Å². The summed E-state index contributed by atoms with van der Waals surface area (Å²) in [6.45, 7) is 1.40. The normalized spacial score (nSPS) is 22.2. The fourth-order valence-corrected chi connectivity index (χ4v) is 2.38. The van der Waals surface area contributed by atoms with Crippen LogP contribution in [-0.2, 0) is 10.2 Å². The molecule has 2 rings (SSSR count). The Morgan fingerprint density at radius 1 is 1.19 bits per heavy atom. The predicted octanol–water partition coefficient (Wildman–Crippen LogP) is 3.99. The third-order valence-electron chi connectivity index (χ3n) is 3.93. The fraction of sp³-hybridized carbons (Fsp3) is 0.500. The molecule has 1 aliphatic carbocycles. The molecule has 1 fully saturated rings. The molecule has 116 valence electrons. The molecule has 0 amide bonds. The summed E-state index contributed by atoms with van der Waals surface area (Å²) < 4.78 is 66.7. The lowest BCUT2D eigenvalue weighted by molar-refractivity contribution is -0.181. The smallest absolute Gasteiger partial charge is 0.398 e. The van der Waals surface area contributed by atoms with Crippen molar-refractivity contribution in [2.24, 2.45) is 5.92 Å². The first-order valence-corrected chi connectivity index (χ1v) is 6.25. The van der Waals surface area contributed by atoms with Gasteiger partial charge < -0.3 is 5.11 Å². The topological polar surface area (TPSA) is 37.3 Å². The molecule has 1 aromatic rings. The van der Waals surface area contributed by atoms with Crippen LogP contribution in [0.25, 0.3) is 0 Å². The summed E-state index contributed by atoms with van der Waals surface area (Å²) in [5.41, 5.74) is -3.64. The maximum absolute atomic E-state index is 14.0. The predicted molar refractivity (Wildman–Crippen MR) is 63.9 cm³/mol. The van der Waals surface area contributed by atoms with Crippen molar-refractivity contribution in [1.82, 2.24) is 0 Å². The third kappa shape index (κ3) is 2.61. The average Bonchev–Trinajstić information content (AvgIpc) is 3.05. The average molecular weight is 308 g/mol. The van der Waals surface area contributed by atoms with Gasteiger partial charge in [0.1, 0.15) is 11.6 Å². The van der Waals surface area contributed by atoms with Gasteiger partial charge in [0.2, 0.25) is 0 Å². The number of aliphatic carboxylic acids is 1. The van der Waals surface area contributed by atoms with Crippen molar-refractivity contribution in [3.63, 3.8) is 0 Å². The largest absolute Gasteiger partial charge is 0.481 e. The zero-order chi connectivity index (χ0) is 16.2. The summed E-state index contributed by atoms with van der Waals surface area (Å²) in [5.74, 6) is -4.97. The van der Waals surface area contributed by atoms with E-state index in [9.17, 15) is 26.7 Å². The van der Waals surface area contributed by atoms with E-state index in [0.29, 0.717) is 13.8 Å². The van der Waals surface area contributed by atoms with E-state index in [1.54, 1.807) is 0 Å². The lowest BCUT2D eigenvalue weighted by atomic mass is 9.82. The number of alkyl halides is 3. The summed E-state index contributed by atoms with van der Waals surface area (Å²) in [5, 5.41) is 8.78. The van der Waals surface area contributed by atoms with Crippen molar-refractivity contribution >= 4 is 5.97 Å². The summed E-state index contributed by atoms with van der Waals surface area (Å²) in [6, 6.07) is 1.61. The Hall–Kier alpha value is -1.66. The Bertz CT molecular complexity index is 569. The number of benzene rings is 1. The molecule has 2 unspecified atom stereocenters. The minimum absolute atomic E-state index is 0.0825. The second-order valence-electron chi connectivity index (χ2n) is 5.77. The number of halogens is 5. The van der Waals surface area contributed by atoms with Crippen LogP contribution >= 0.6 is 0 Å². The molecule has 2 nitrogen and oxygen atoms in total. The zero-order valence-electron chi connectivity index (χ0n) is 11.3. The molecule has 1 aromatic carbocycles. The van der Waals surface area contributed by atoms with Crippen LogP contribution in [0.1, 0.15) is 37.3 Å². The van der Waals surface area contributed by atoms with Gasteiger partial charge in [-0.25, -0.2) is 8.78 Å². The van der Waals surface area contributed by atoms with Gasteiger partial charge in [0.05, 0.1) is 11.3 Å². The lowest BCUT2D eigenvalue weighted by Crippen LogP contribution is -2.38. The summed E-state index contributed by atoms with van der Waals surface area (Å²) in [7, 11) is 0. The van der Waals surface area contributed by atoms with Crippen molar-refractivity contribution in [2.45, 2.75) is 37.8 Å². The first kappa shape index (κ1) is 15.7. The highest BCUT2D eigenvalue weighted by Gasteiger charge is 2.52. The molecular formula is C14H13F5O2. The minimum Gasteiger partial charge on any atom is -0.481 e. The first-order chi connectivity index (χ1) is 9.46. The van der Waals surface area contributed by atoms with Gasteiger partial charge in [-0.3, -0.25) is 4.79 Å². The van der Waals surface area contributed by atoms with Crippen molar-refractivity contribution in [1.29, 1.82) is 0 Å². The molecule has 0 aliphatic heterocycles. The second kappa shape index (κ2) is 4.68. The molecule has 2 atom stereocenters. The molecule has 1 N–H and O–H groups in total. The van der Waals surface area contributed by atoms with Crippen LogP contribution < -0.4 is 0 Å². The molecule has 7 heteroatoms. The van der Waals surface area contributed by atoms with E-state index in [-0.39, 0.29) is 12.0 Å². The lowest BCUT2D eigenvalue weighted by Gasteiger charge is -2.29. The summed E-state index contributed by atoms with van der Waals surface area (Å²) in [6.07, 6.45) is -4.57. The second-order valence-corrected chi connectivity index (χ2v) is 5.77. The number of carbonyl (C=O) groups is 1. The monoisotopic (exact) mass is 308 g/mol. The SMILES string of the molecule is CC(C)(c1c(F)cc(C2CC2C(=O)O)cc1F)C(F)(F)F. The van der Waals surface area contributed by atoms with Gasteiger partial charge in [0, 0.05) is 5.56 Å². The van der Waals surface area contributed by atoms with Crippen LogP contribution in [0.15, 0.2) is 12.1 Å². The Labute approximate surface area is 117 Å². The number of rotatable bonds is 3. The minimum atomic E-state index is -4.81. The van der Waals surface area contributed by atoms with E-state index in [2.05, 4.69) is 0 Å². The van der Waals surface area contributed by atoms with E-state index in [1.807, 2.05) is 0 Å². The maximum Gasteiger partial charge on any atom is 0.398 e. The molecule has 1 aliphatic rings. The highest BCUT2D eigenvalue weighted by atomic mass is 19.4. The maximum atomic E-state index is 14.0. The molecule has 21 heavy (non-hydrogen) atoms. The standard InChI is InChI=1S/C14H13F5O2/c1-13(2,14(17,18)19)11-9(15)3-6(4-10(11)16)7-5-8(7)12(20)21/h3-4,7-8H,5H2,1-2H3,(H,20,21). The van der Waals surface area contributed by atoms with E-state index in [4.69, 9.17) is 5.11 Å². The van der Waals surface area contributed by atoms with Gasteiger partial charge >= 0.3 is 12.1 Å². The molecule has 0 heterocycles. The Morgan fingerprint density at radius 2 is 1.67 bits per heavy atom. The number of carboxylic acids is 1.